The molecule has 2 atom stereocenters. The van der Waals surface area contributed by atoms with Crippen molar-refractivity contribution in [2.75, 3.05) is 18.0 Å². The molecule has 0 amide bonds. The second kappa shape index (κ2) is 4.34. The lowest BCUT2D eigenvalue weighted by Gasteiger charge is -2.29. The smallest absolute Gasteiger partial charge is 0.365 e. The lowest BCUT2D eigenvalue weighted by molar-refractivity contribution is -0.385. The van der Waals surface area contributed by atoms with E-state index >= 15 is 0 Å². The number of non-ortho nitro benzene ring substituents is 1. The molecule has 8 heteroatoms. The number of nitro groups is 1. The molecule has 2 bridgehead atoms. The van der Waals surface area contributed by atoms with Crippen molar-refractivity contribution in [2.24, 2.45) is 0 Å². The van der Waals surface area contributed by atoms with E-state index in [0.717, 1.165) is 12.5 Å². The van der Waals surface area contributed by atoms with Crippen LogP contribution in [0.5, 0.6) is 0 Å². The van der Waals surface area contributed by atoms with Gasteiger partial charge in [0.2, 0.25) is 0 Å². The highest BCUT2D eigenvalue weighted by Crippen LogP contribution is 2.37. The summed E-state index contributed by atoms with van der Waals surface area (Å²) < 4.78 is 38.5. The molecule has 0 saturated carbocycles. The summed E-state index contributed by atoms with van der Waals surface area (Å²) in [6.07, 6.45) is -3.72. The number of nitrogens with one attached hydrogen (secondary N) is 1. The summed E-state index contributed by atoms with van der Waals surface area (Å²) in [4.78, 5) is 11.9. The van der Waals surface area contributed by atoms with Crippen LogP contribution in [0.1, 0.15) is 12.0 Å². The van der Waals surface area contributed by atoms with Crippen molar-refractivity contribution >= 4 is 11.4 Å². The number of halogens is 3. The predicted octanol–water partition coefficient (Wildman–Crippen LogP) is 2.16. The minimum atomic E-state index is -4.59. The normalized spacial score (nSPS) is 25.2. The van der Waals surface area contributed by atoms with Crippen LogP contribution in [0.3, 0.4) is 0 Å². The predicted molar refractivity (Wildman–Crippen MR) is 65.6 cm³/mol. The van der Waals surface area contributed by atoms with Gasteiger partial charge in [-0.3, -0.25) is 10.1 Å². The van der Waals surface area contributed by atoms with Gasteiger partial charge >= 0.3 is 6.18 Å². The van der Waals surface area contributed by atoms with Crippen molar-refractivity contribution in [3.05, 3.63) is 33.9 Å². The van der Waals surface area contributed by atoms with Crippen LogP contribution in [-0.4, -0.2) is 30.1 Å². The van der Waals surface area contributed by atoms with Crippen LogP contribution in [0.25, 0.3) is 0 Å². The molecule has 0 spiro atoms. The molecule has 2 fully saturated rings. The Bertz CT molecular complexity index is 561. The molecular weight excluding hydrogens is 275 g/mol. The van der Waals surface area contributed by atoms with Gasteiger partial charge in [0, 0.05) is 43.0 Å². The Kier molecular flexibility index (Phi) is 2.86. The van der Waals surface area contributed by atoms with Gasteiger partial charge in [0.25, 0.3) is 5.69 Å². The lowest BCUT2D eigenvalue weighted by Crippen LogP contribution is -2.43. The van der Waals surface area contributed by atoms with Gasteiger partial charge in [-0.15, -0.1) is 0 Å². The monoisotopic (exact) mass is 287 g/mol. The van der Waals surface area contributed by atoms with Crippen molar-refractivity contribution < 1.29 is 18.1 Å². The van der Waals surface area contributed by atoms with E-state index in [1.165, 1.54) is 6.07 Å². The van der Waals surface area contributed by atoms with Gasteiger partial charge in [0.15, 0.2) is 0 Å². The van der Waals surface area contributed by atoms with Crippen LogP contribution in [0, 0.1) is 10.1 Å². The molecule has 108 valence electrons. The number of anilines is 1. The zero-order valence-electron chi connectivity index (χ0n) is 10.4. The number of hydrogen-bond donors (Lipinski definition) is 1. The summed E-state index contributed by atoms with van der Waals surface area (Å²) in [6.45, 7) is 1.29. The van der Waals surface area contributed by atoms with E-state index in [1.807, 2.05) is 4.90 Å². The minimum Gasteiger partial charge on any atom is -0.365 e. The number of nitro benzene ring substituents is 1. The van der Waals surface area contributed by atoms with E-state index in [2.05, 4.69) is 5.32 Å². The highest BCUT2D eigenvalue weighted by atomic mass is 19.4. The molecule has 0 aromatic heterocycles. The van der Waals surface area contributed by atoms with Gasteiger partial charge in [-0.2, -0.15) is 13.2 Å². The molecule has 5 nitrogen and oxygen atoms in total. The van der Waals surface area contributed by atoms with E-state index < -0.39 is 22.4 Å². The maximum atomic E-state index is 12.8. The maximum absolute atomic E-state index is 12.8. The Balaban J connectivity index is 2.02. The summed E-state index contributed by atoms with van der Waals surface area (Å²) in [5.41, 5.74) is -1.22. The summed E-state index contributed by atoms with van der Waals surface area (Å²) in [5, 5.41) is 14.1. The number of rotatable bonds is 2. The quantitative estimate of drug-likeness (QED) is 0.669. The number of fused-ring (bicyclic) bond motifs is 2. The summed E-state index contributed by atoms with van der Waals surface area (Å²) >= 11 is 0. The van der Waals surface area contributed by atoms with Crippen molar-refractivity contribution in [1.29, 1.82) is 0 Å². The highest BCUT2D eigenvalue weighted by Gasteiger charge is 2.39. The Morgan fingerprint density at radius 3 is 2.60 bits per heavy atom. The van der Waals surface area contributed by atoms with Crippen molar-refractivity contribution in [3.8, 4) is 0 Å². The Hall–Kier alpha value is -1.83. The molecule has 1 aromatic carbocycles. The Labute approximate surface area is 112 Å². The summed E-state index contributed by atoms with van der Waals surface area (Å²) in [5.74, 6) is 0. The third kappa shape index (κ3) is 2.20. The van der Waals surface area contributed by atoms with Crippen LogP contribution >= 0.6 is 0 Å². The van der Waals surface area contributed by atoms with Crippen LogP contribution < -0.4 is 10.2 Å². The second-order valence-corrected chi connectivity index (χ2v) is 5.14. The van der Waals surface area contributed by atoms with Crippen molar-refractivity contribution in [1.82, 2.24) is 5.32 Å². The second-order valence-electron chi connectivity index (χ2n) is 5.14. The fraction of sp³-hybridized carbons (Fsp3) is 0.500. The number of alkyl halides is 3. The first-order valence-electron chi connectivity index (χ1n) is 6.21. The zero-order valence-corrected chi connectivity index (χ0v) is 10.4. The fourth-order valence-corrected chi connectivity index (χ4v) is 2.91. The fourth-order valence-electron chi connectivity index (χ4n) is 2.91. The summed E-state index contributed by atoms with van der Waals surface area (Å²) in [7, 11) is 0. The highest BCUT2D eigenvalue weighted by molar-refractivity contribution is 5.58. The van der Waals surface area contributed by atoms with Crippen LogP contribution in [0.2, 0.25) is 0 Å². The number of hydrogen-bond acceptors (Lipinski definition) is 4. The van der Waals surface area contributed by atoms with E-state index in [4.69, 9.17) is 0 Å². The first-order valence-corrected chi connectivity index (χ1v) is 6.21. The largest absolute Gasteiger partial charge is 0.416 e. The topological polar surface area (TPSA) is 58.4 Å². The Morgan fingerprint density at radius 2 is 2.10 bits per heavy atom. The van der Waals surface area contributed by atoms with E-state index in [9.17, 15) is 23.3 Å². The summed E-state index contributed by atoms with van der Waals surface area (Å²) in [6, 6.07) is 3.16. The zero-order chi connectivity index (χ0) is 14.5. The van der Waals surface area contributed by atoms with Gasteiger partial charge < -0.3 is 10.2 Å². The maximum Gasteiger partial charge on any atom is 0.416 e. The van der Waals surface area contributed by atoms with Crippen LogP contribution in [0.4, 0.5) is 24.5 Å². The van der Waals surface area contributed by atoms with E-state index in [-0.39, 0.29) is 17.8 Å². The number of piperazine rings is 1. The molecule has 2 aliphatic heterocycles. The van der Waals surface area contributed by atoms with Gasteiger partial charge in [0.05, 0.1) is 10.5 Å². The van der Waals surface area contributed by atoms with Gasteiger partial charge in [-0.05, 0) is 12.5 Å². The van der Waals surface area contributed by atoms with E-state index in [0.29, 0.717) is 19.2 Å². The van der Waals surface area contributed by atoms with Gasteiger partial charge in [-0.25, -0.2) is 0 Å². The molecule has 0 radical (unpaired) electrons. The first kappa shape index (κ1) is 13.2. The minimum absolute atomic E-state index is 0.114. The SMILES string of the molecule is O=[N+]([O-])c1cc(N2C[C@@H]3C[C@H]2CN3)cc(C(F)(F)F)c1. The molecule has 20 heavy (non-hydrogen) atoms. The number of benzene rings is 1. The van der Waals surface area contributed by atoms with E-state index in [1.54, 1.807) is 0 Å². The molecule has 2 saturated heterocycles. The van der Waals surface area contributed by atoms with Crippen LogP contribution in [0.15, 0.2) is 18.2 Å². The molecule has 0 unspecified atom stereocenters. The molecule has 3 rings (SSSR count). The average Bonchev–Trinajstić information content (AvgIpc) is 2.99. The van der Waals surface area contributed by atoms with Gasteiger partial charge in [-0.1, -0.05) is 0 Å². The van der Waals surface area contributed by atoms with Crippen molar-refractivity contribution in [2.45, 2.75) is 24.7 Å². The van der Waals surface area contributed by atoms with Gasteiger partial charge in [0.1, 0.15) is 0 Å². The third-order valence-electron chi connectivity index (χ3n) is 3.83. The molecule has 1 N–H and O–H groups in total. The third-order valence-corrected chi connectivity index (χ3v) is 3.83. The molecule has 1 aromatic rings. The average molecular weight is 287 g/mol. The molecule has 2 heterocycles. The first-order chi connectivity index (χ1) is 9.34. The molecule has 0 aliphatic carbocycles. The standard InChI is InChI=1S/C12H12F3N3O2/c13-12(14,15)7-1-9(4-10(2-7)18(19)20)17-6-8-3-11(17)5-16-8/h1-2,4,8,11,16H,3,5-6H2/t8-,11-/m0/s1. The van der Waals surface area contributed by atoms with Crippen molar-refractivity contribution in [3.63, 3.8) is 0 Å². The number of nitrogens with zero attached hydrogens (tertiary/aromatic N) is 2. The van der Waals surface area contributed by atoms with Crippen LogP contribution in [-0.2, 0) is 6.18 Å². The molecular formula is C12H12F3N3O2. The Morgan fingerprint density at radius 1 is 1.35 bits per heavy atom. The molecule has 2 aliphatic rings. The lowest BCUT2D eigenvalue weighted by atomic mass is 10.1.